The molecular weight excluding hydrogens is 934 g/mol. The van der Waals surface area contributed by atoms with E-state index in [4.69, 9.17) is 4.42 Å². The van der Waals surface area contributed by atoms with E-state index in [1.165, 1.54) is 72.5 Å². The van der Waals surface area contributed by atoms with E-state index >= 15 is 0 Å². The highest BCUT2D eigenvalue weighted by molar-refractivity contribution is 7.00. The standard InChI is InChI=1S/C72H64BN3O/c1-70(2,3)49-33-38-54(39-34-49)76-63-46-55(74(52-23-14-11-15-24-52)61-28-18-16-25-56(61)47-21-12-10-13-22-47)40-41-59(63)73-60-43-50(71(4,5)6)35-42-62(60)75(64-44-51(72(7,8)9)45-65(76)69(64)73)53-36-31-48(32-37-53)57-27-20-30-67-68(57)58-26-17-19-29-66(58)77-67/h10-46H,1-9H3. The molecule has 3 heterocycles. The van der Waals surface area contributed by atoms with Gasteiger partial charge in [0.25, 0.3) is 6.71 Å². The van der Waals surface area contributed by atoms with Gasteiger partial charge in [-0.25, -0.2) is 0 Å². The molecular formula is C72H64BN3O. The first-order chi connectivity index (χ1) is 37.1. The van der Waals surface area contributed by atoms with Crippen molar-refractivity contribution in [2.24, 2.45) is 0 Å². The molecule has 4 nitrogen and oxygen atoms in total. The van der Waals surface area contributed by atoms with Gasteiger partial charge in [0.15, 0.2) is 0 Å². The highest BCUT2D eigenvalue weighted by Crippen LogP contribution is 2.49. The predicted octanol–water partition coefficient (Wildman–Crippen LogP) is 18.4. The normalized spacial score (nSPS) is 13.2. The Kier molecular flexibility index (Phi) is 11.3. The number of rotatable bonds is 7. The molecule has 0 amide bonds. The number of furan rings is 1. The summed E-state index contributed by atoms with van der Waals surface area (Å²) in [6.07, 6.45) is 0. The van der Waals surface area contributed by atoms with Crippen molar-refractivity contribution in [3.63, 3.8) is 0 Å². The Labute approximate surface area is 455 Å². The van der Waals surface area contributed by atoms with Gasteiger partial charge in [0.05, 0.1) is 5.69 Å². The Hall–Kier alpha value is -8.54. The fraction of sp³-hybridized carbons (Fsp3) is 0.167. The van der Waals surface area contributed by atoms with Crippen LogP contribution in [-0.2, 0) is 16.2 Å². The lowest BCUT2D eigenvalue weighted by molar-refractivity contribution is 0.590. The maximum atomic E-state index is 6.37. The Bertz CT molecular complexity index is 4040. The average Bonchev–Trinajstić information content (AvgIpc) is 4.01. The van der Waals surface area contributed by atoms with E-state index in [1.54, 1.807) is 0 Å². The van der Waals surface area contributed by atoms with Crippen molar-refractivity contribution in [3.05, 3.63) is 241 Å². The van der Waals surface area contributed by atoms with Crippen LogP contribution in [0.25, 0.3) is 44.2 Å². The number of fused-ring (bicyclic) bond motifs is 7. The number of benzene rings is 10. The van der Waals surface area contributed by atoms with Crippen LogP contribution in [0, 0.1) is 0 Å². The zero-order valence-corrected chi connectivity index (χ0v) is 45.7. The molecule has 0 saturated carbocycles. The molecule has 0 unspecified atom stereocenters. The van der Waals surface area contributed by atoms with Crippen LogP contribution in [0.4, 0.5) is 51.2 Å². The van der Waals surface area contributed by atoms with Gasteiger partial charge in [-0.1, -0.05) is 202 Å². The fourth-order valence-electron chi connectivity index (χ4n) is 12.0. The van der Waals surface area contributed by atoms with Crippen molar-refractivity contribution in [1.29, 1.82) is 0 Å². The second-order valence-electron chi connectivity index (χ2n) is 24.2. The van der Waals surface area contributed by atoms with Crippen molar-refractivity contribution in [1.82, 2.24) is 0 Å². The summed E-state index contributed by atoms with van der Waals surface area (Å²) in [4.78, 5) is 7.59. The van der Waals surface area contributed by atoms with Crippen LogP contribution in [0.3, 0.4) is 0 Å². The molecule has 0 N–H and O–H groups in total. The molecule has 0 bridgehead atoms. The second kappa shape index (κ2) is 18.1. The number of nitrogens with zero attached hydrogens (tertiary/aromatic N) is 3. The van der Waals surface area contributed by atoms with Gasteiger partial charge in [-0.3, -0.25) is 0 Å². The third kappa shape index (κ3) is 8.23. The van der Waals surface area contributed by atoms with Gasteiger partial charge in [-0.2, -0.15) is 0 Å². The topological polar surface area (TPSA) is 22.9 Å². The van der Waals surface area contributed by atoms with Gasteiger partial charge in [-0.15, -0.1) is 0 Å². The van der Waals surface area contributed by atoms with E-state index in [2.05, 4.69) is 295 Å². The first-order valence-corrected chi connectivity index (χ1v) is 27.3. The van der Waals surface area contributed by atoms with Crippen molar-refractivity contribution in [2.75, 3.05) is 14.7 Å². The highest BCUT2D eigenvalue weighted by atomic mass is 16.3. The SMILES string of the molecule is CC(C)(C)c1ccc(N2c3cc(N(c4ccccc4)c4ccccc4-c4ccccc4)ccc3B3c4cc(C(C)(C)C)ccc4N(c4ccc(-c5cccc6oc7ccccc7c56)cc4)c4cc(C(C)(C)C)cc2c43)cc1. The quantitative estimate of drug-likeness (QED) is 0.148. The van der Waals surface area contributed by atoms with Gasteiger partial charge < -0.3 is 19.1 Å². The van der Waals surface area contributed by atoms with Crippen LogP contribution >= 0.6 is 0 Å². The van der Waals surface area contributed by atoms with Crippen molar-refractivity contribution in [3.8, 4) is 22.3 Å². The lowest BCUT2D eigenvalue weighted by Gasteiger charge is -2.45. The molecule has 0 aliphatic carbocycles. The first kappa shape index (κ1) is 48.1. The van der Waals surface area contributed by atoms with E-state index < -0.39 is 0 Å². The van der Waals surface area contributed by atoms with Gasteiger partial charge in [0.2, 0.25) is 0 Å². The van der Waals surface area contributed by atoms with Crippen LogP contribution in [0.5, 0.6) is 0 Å². The average molecular weight is 998 g/mol. The maximum Gasteiger partial charge on any atom is 0.252 e. The number of para-hydroxylation sites is 3. The Morgan fingerprint density at radius 2 is 0.935 bits per heavy atom. The molecule has 0 atom stereocenters. The van der Waals surface area contributed by atoms with E-state index in [9.17, 15) is 0 Å². The fourth-order valence-corrected chi connectivity index (χ4v) is 12.0. The highest BCUT2D eigenvalue weighted by Gasteiger charge is 2.45. The minimum Gasteiger partial charge on any atom is -0.456 e. The minimum absolute atomic E-state index is 0.00636. The molecule has 2 aliphatic heterocycles. The summed E-state index contributed by atoms with van der Waals surface area (Å²) in [5, 5.41) is 2.28. The molecule has 0 saturated heterocycles. The monoisotopic (exact) mass is 998 g/mol. The van der Waals surface area contributed by atoms with Crippen LogP contribution in [-0.4, -0.2) is 6.71 Å². The van der Waals surface area contributed by atoms with E-state index in [0.29, 0.717) is 0 Å². The molecule has 0 spiro atoms. The molecule has 0 radical (unpaired) electrons. The largest absolute Gasteiger partial charge is 0.456 e. The summed E-state index contributed by atoms with van der Waals surface area (Å²) in [6, 6.07) is 83.5. The van der Waals surface area contributed by atoms with Crippen molar-refractivity contribution < 1.29 is 4.42 Å². The lowest BCUT2D eigenvalue weighted by Crippen LogP contribution is -2.61. The molecule has 11 aromatic rings. The predicted molar refractivity (Wildman–Crippen MR) is 329 cm³/mol. The molecule has 376 valence electrons. The van der Waals surface area contributed by atoms with E-state index in [0.717, 1.165) is 55.9 Å². The summed E-state index contributed by atoms with van der Waals surface area (Å²) < 4.78 is 6.37. The summed E-state index contributed by atoms with van der Waals surface area (Å²) >= 11 is 0. The molecule has 0 fully saturated rings. The van der Waals surface area contributed by atoms with Gasteiger partial charge >= 0.3 is 0 Å². The third-order valence-corrected chi connectivity index (χ3v) is 16.1. The van der Waals surface area contributed by atoms with E-state index in [1.807, 2.05) is 6.07 Å². The summed E-state index contributed by atoms with van der Waals surface area (Å²) in [5.74, 6) is 0. The minimum atomic E-state index is -0.173. The molecule has 77 heavy (non-hydrogen) atoms. The summed E-state index contributed by atoms with van der Waals surface area (Å²) in [7, 11) is 0. The van der Waals surface area contributed by atoms with E-state index in [-0.39, 0.29) is 23.0 Å². The first-order valence-electron chi connectivity index (χ1n) is 27.3. The van der Waals surface area contributed by atoms with Crippen molar-refractivity contribution in [2.45, 2.75) is 78.6 Å². The molecule has 10 aromatic carbocycles. The van der Waals surface area contributed by atoms with Gasteiger partial charge in [-0.05, 0) is 151 Å². The van der Waals surface area contributed by atoms with Crippen LogP contribution < -0.4 is 31.1 Å². The molecule has 1 aromatic heterocycles. The second-order valence-corrected chi connectivity index (χ2v) is 24.2. The Morgan fingerprint density at radius 3 is 1.62 bits per heavy atom. The zero-order valence-electron chi connectivity index (χ0n) is 45.7. The summed E-state index contributed by atoms with van der Waals surface area (Å²) in [6.45, 7) is 20.9. The Balaban J connectivity index is 1.07. The smallest absolute Gasteiger partial charge is 0.252 e. The maximum absolute atomic E-state index is 6.37. The Morgan fingerprint density at radius 1 is 0.377 bits per heavy atom. The number of hydrogen-bond donors (Lipinski definition) is 0. The molecule has 5 heteroatoms. The third-order valence-electron chi connectivity index (χ3n) is 16.1. The van der Waals surface area contributed by atoms with Gasteiger partial charge in [0.1, 0.15) is 11.2 Å². The number of hydrogen-bond acceptors (Lipinski definition) is 4. The molecule has 13 rings (SSSR count). The lowest BCUT2D eigenvalue weighted by atomic mass is 9.33. The molecule has 2 aliphatic rings. The zero-order chi connectivity index (χ0) is 53.0. The van der Waals surface area contributed by atoms with Crippen LogP contribution in [0.1, 0.15) is 79.0 Å². The van der Waals surface area contributed by atoms with Crippen molar-refractivity contribution >= 4 is 96.2 Å². The van der Waals surface area contributed by atoms with Gasteiger partial charge in [0, 0.05) is 61.8 Å². The summed E-state index contributed by atoms with van der Waals surface area (Å²) in [5.41, 5.74) is 24.3. The van der Waals surface area contributed by atoms with Crippen LogP contribution in [0.15, 0.2) is 229 Å². The van der Waals surface area contributed by atoms with Crippen LogP contribution in [0.2, 0.25) is 0 Å². The number of anilines is 9.